The molecule has 0 saturated heterocycles. The lowest BCUT2D eigenvalue weighted by Crippen LogP contribution is -1.99. The maximum absolute atomic E-state index is 12.3. The highest BCUT2D eigenvalue weighted by Gasteiger charge is 2.24. The predicted octanol–water partition coefficient (Wildman–Crippen LogP) is 2.89. The Balaban J connectivity index is 3.35. The van der Waals surface area contributed by atoms with Crippen molar-refractivity contribution in [2.75, 3.05) is 0 Å². The third-order valence-corrected chi connectivity index (χ3v) is 2.04. The minimum absolute atomic E-state index is 0.212. The van der Waals surface area contributed by atoms with E-state index < -0.39 is 22.9 Å². The van der Waals surface area contributed by atoms with Crippen LogP contribution in [0.15, 0.2) is 6.07 Å². The number of nitro groups is 1. The van der Waals surface area contributed by atoms with E-state index in [0.29, 0.717) is 0 Å². The van der Waals surface area contributed by atoms with Crippen molar-refractivity contribution in [1.29, 1.82) is 0 Å². The van der Waals surface area contributed by atoms with Crippen molar-refractivity contribution in [3.8, 4) is 0 Å². The summed E-state index contributed by atoms with van der Waals surface area (Å²) in [4.78, 5) is 12.6. The first-order valence-electron chi connectivity index (χ1n) is 3.53. The molecule has 1 rings (SSSR count). The van der Waals surface area contributed by atoms with Gasteiger partial charge in [-0.3, -0.25) is 0 Å². The van der Waals surface area contributed by atoms with Crippen LogP contribution in [0.3, 0.4) is 0 Å². The molecule has 1 aromatic heterocycles. The van der Waals surface area contributed by atoms with Gasteiger partial charge in [-0.1, -0.05) is 11.6 Å². The van der Waals surface area contributed by atoms with Crippen LogP contribution >= 0.6 is 11.6 Å². The van der Waals surface area contributed by atoms with E-state index in [1.54, 1.807) is 0 Å². The summed E-state index contributed by atoms with van der Waals surface area (Å²) in [6.45, 7) is 1.41. The molecular weight excluding hydrogens is 218 g/mol. The van der Waals surface area contributed by atoms with Crippen molar-refractivity contribution in [2.24, 2.45) is 0 Å². The van der Waals surface area contributed by atoms with Crippen LogP contribution < -0.4 is 0 Å². The Kier molecular flexibility index (Phi) is 2.95. The zero-order valence-corrected chi connectivity index (χ0v) is 7.76. The number of aromatic nitrogens is 1. The van der Waals surface area contributed by atoms with Gasteiger partial charge < -0.3 is 10.1 Å². The van der Waals surface area contributed by atoms with Crippen molar-refractivity contribution in [2.45, 2.75) is 13.3 Å². The molecule has 0 aliphatic rings. The van der Waals surface area contributed by atoms with E-state index in [-0.39, 0.29) is 10.6 Å². The normalized spacial score (nSPS) is 10.6. The highest BCUT2D eigenvalue weighted by atomic mass is 35.5. The second-order valence-corrected chi connectivity index (χ2v) is 2.93. The first-order valence-corrected chi connectivity index (χ1v) is 3.91. The number of pyridine rings is 1. The quantitative estimate of drug-likeness (QED) is 0.571. The number of hydrogen-bond donors (Lipinski definition) is 0. The average molecular weight is 223 g/mol. The topological polar surface area (TPSA) is 56.0 Å². The summed E-state index contributed by atoms with van der Waals surface area (Å²) in [6, 6.07) is 1.05. The largest absolute Gasteiger partial charge is 0.364 e. The highest BCUT2D eigenvalue weighted by Crippen LogP contribution is 2.30. The van der Waals surface area contributed by atoms with Gasteiger partial charge in [0.15, 0.2) is 0 Å². The fourth-order valence-electron chi connectivity index (χ4n) is 0.902. The minimum atomic E-state index is -2.92. The molecule has 0 amide bonds. The Bertz CT molecular complexity index is 384. The zero-order chi connectivity index (χ0) is 10.9. The minimum Gasteiger partial charge on any atom is -0.358 e. The van der Waals surface area contributed by atoms with Gasteiger partial charge in [-0.15, -0.1) is 0 Å². The maximum Gasteiger partial charge on any atom is 0.364 e. The molecule has 7 heteroatoms. The Morgan fingerprint density at radius 2 is 2.21 bits per heavy atom. The first-order chi connectivity index (χ1) is 6.43. The Hall–Kier alpha value is -1.30. The van der Waals surface area contributed by atoms with Crippen molar-refractivity contribution < 1.29 is 13.7 Å². The summed E-state index contributed by atoms with van der Waals surface area (Å²) < 4.78 is 24.6. The molecule has 0 atom stereocenters. The van der Waals surface area contributed by atoms with E-state index in [2.05, 4.69) is 4.98 Å². The molecule has 0 unspecified atom stereocenters. The molecule has 0 fully saturated rings. The summed E-state index contributed by atoms with van der Waals surface area (Å²) in [5, 5.41) is 10.1. The lowest BCUT2D eigenvalue weighted by molar-refractivity contribution is -0.389. The van der Waals surface area contributed by atoms with Gasteiger partial charge in [-0.2, -0.15) is 0 Å². The molecule has 1 aromatic rings. The number of aryl methyl sites for hydroxylation is 1. The van der Waals surface area contributed by atoms with Gasteiger partial charge in [0.25, 0.3) is 0 Å². The van der Waals surface area contributed by atoms with Gasteiger partial charge in [0.05, 0.1) is 5.02 Å². The Labute approximate surface area is 82.7 Å². The van der Waals surface area contributed by atoms with Crippen LogP contribution in [0.1, 0.15) is 17.7 Å². The van der Waals surface area contributed by atoms with Crippen LogP contribution in [0, 0.1) is 17.0 Å². The molecular formula is C7H5ClF2N2O2. The summed E-state index contributed by atoms with van der Waals surface area (Å²) in [6.07, 6.45) is -2.92. The summed E-state index contributed by atoms with van der Waals surface area (Å²) in [5.41, 5.74) is -0.540. The fourth-order valence-corrected chi connectivity index (χ4v) is 1.08. The van der Waals surface area contributed by atoms with Gasteiger partial charge in [-0.25, -0.2) is 8.78 Å². The van der Waals surface area contributed by atoms with E-state index in [1.165, 1.54) is 6.92 Å². The molecule has 0 N–H and O–H groups in total. The maximum atomic E-state index is 12.3. The summed E-state index contributed by atoms with van der Waals surface area (Å²) >= 11 is 5.50. The molecule has 4 nitrogen and oxygen atoms in total. The third-order valence-electron chi connectivity index (χ3n) is 1.55. The number of alkyl halides is 2. The zero-order valence-electron chi connectivity index (χ0n) is 7.00. The number of nitrogens with zero attached hydrogens (tertiary/aromatic N) is 2. The van der Waals surface area contributed by atoms with Crippen LogP contribution in [0.5, 0.6) is 0 Å². The summed E-state index contributed by atoms with van der Waals surface area (Å²) in [7, 11) is 0. The molecule has 1 heterocycles. The van der Waals surface area contributed by atoms with Crippen LogP contribution in [-0.2, 0) is 0 Å². The molecule has 14 heavy (non-hydrogen) atoms. The average Bonchev–Trinajstić information content (AvgIpc) is 2.08. The van der Waals surface area contributed by atoms with Gasteiger partial charge in [0.2, 0.25) is 5.69 Å². The SMILES string of the molecule is Cc1cc([N+](=O)[O-])nc(C(F)F)c1Cl. The van der Waals surface area contributed by atoms with E-state index in [1.807, 2.05) is 0 Å². The number of hydrogen-bond acceptors (Lipinski definition) is 3. The van der Waals surface area contributed by atoms with Gasteiger partial charge in [0.1, 0.15) is 0 Å². The molecule has 0 aliphatic heterocycles. The van der Waals surface area contributed by atoms with E-state index in [4.69, 9.17) is 11.6 Å². The van der Waals surface area contributed by atoms with Gasteiger partial charge in [0, 0.05) is 6.07 Å². The van der Waals surface area contributed by atoms with Crippen molar-refractivity contribution in [3.63, 3.8) is 0 Å². The number of rotatable bonds is 2. The van der Waals surface area contributed by atoms with E-state index in [9.17, 15) is 18.9 Å². The van der Waals surface area contributed by atoms with Crippen molar-refractivity contribution in [3.05, 3.63) is 32.5 Å². The van der Waals surface area contributed by atoms with Gasteiger partial charge in [-0.05, 0) is 22.4 Å². The molecule has 0 aliphatic carbocycles. The highest BCUT2D eigenvalue weighted by molar-refractivity contribution is 6.32. The Morgan fingerprint density at radius 1 is 1.64 bits per heavy atom. The molecule has 0 bridgehead atoms. The van der Waals surface area contributed by atoms with Crippen LogP contribution in [0.25, 0.3) is 0 Å². The van der Waals surface area contributed by atoms with Crippen molar-refractivity contribution in [1.82, 2.24) is 4.98 Å². The monoisotopic (exact) mass is 222 g/mol. The van der Waals surface area contributed by atoms with E-state index in [0.717, 1.165) is 6.07 Å². The smallest absolute Gasteiger partial charge is 0.358 e. The van der Waals surface area contributed by atoms with Crippen LogP contribution in [0.4, 0.5) is 14.6 Å². The van der Waals surface area contributed by atoms with E-state index >= 15 is 0 Å². The van der Waals surface area contributed by atoms with Crippen LogP contribution in [0.2, 0.25) is 5.02 Å². The summed E-state index contributed by atoms with van der Waals surface area (Å²) in [5.74, 6) is -0.623. The predicted molar refractivity (Wildman–Crippen MR) is 45.6 cm³/mol. The molecule has 0 spiro atoms. The fraction of sp³-hybridized carbons (Fsp3) is 0.286. The first kappa shape index (κ1) is 10.8. The third kappa shape index (κ3) is 1.95. The van der Waals surface area contributed by atoms with Gasteiger partial charge >= 0.3 is 12.2 Å². The number of halogens is 3. The molecule has 0 saturated carbocycles. The van der Waals surface area contributed by atoms with Crippen LogP contribution in [-0.4, -0.2) is 9.91 Å². The second kappa shape index (κ2) is 3.83. The lowest BCUT2D eigenvalue weighted by atomic mass is 10.2. The Morgan fingerprint density at radius 3 is 2.64 bits per heavy atom. The molecule has 76 valence electrons. The van der Waals surface area contributed by atoms with Crippen molar-refractivity contribution >= 4 is 17.4 Å². The lowest BCUT2D eigenvalue weighted by Gasteiger charge is -2.01. The standard InChI is InChI=1S/C7H5ClF2N2O2/c1-3-2-4(12(13)14)11-6(5(3)8)7(9)10/h2,7H,1H3. The molecule has 0 aromatic carbocycles. The molecule has 0 radical (unpaired) electrons. The second-order valence-electron chi connectivity index (χ2n) is 2.55.